The van der Waals surface area contributed by atoms with E-state index >= 15 is 0 Å². The molecule has 3 N–H and O–H groups in total. The van der Waals surface area contributed by atoms with Gasteiger partial charge in [-0.2, -0.15) is 5.26 Å². The van der Waals surface area contributed by atoms with Crippen LogP contribution in [0.15, 0.2) is 64.8 Å². The summed E-state index contributed by atoms with van der Waals surface area (Å²) < 4.78 is 18.9. The lowest BCUT2D eigenvalue weighted by Gasteiger charge is -2.26. The second-order valence-corrected chi connectivity index (χ2v) is 5.72. The third-order valence-electron chi connectivity index (χ3n) is 4.29. The molecule has 0 bridgehead atoms. The number of nitriles is 1. The zero-order valence-electron chi connectivity index (χ0n) is 12.9. The van der Waals surface area contributed by atoms with Gasteiger partial charge in [-0.25, -0.2) is 4.39 Å². The van der Waals surface area contributed by atoms with Gasteiger partial charge in [-0.1, -0.05) is 24.3 Å². The molecule has 1 unspecified atom stereocenters. The summed E-state index contributed by atoms with van der Waals surface area (Å²) in [6.45, 7) is 0. The van der Waals surface area contributed by atoms with E-state index in [0.29, 0.717) is 22.2 Å². The Labute approximate surface area is 141 Å². The first-order valence-corrected chi connectivity index (χ1v) is 7.58. The standard InChI is InChI=1S/C19H12FN3O2/c20-11-7-5-10(6-8-11)15-13(9-21)18(22)25-17-12-3-1-2-4-14(12)23-19(24)16(15)17/h1-8,15H,22H2,(H,23,24). The maximum atomic E-state index is 13.3. The lowest BCUT2D eigenvalue weighted by atomic mass is 9.83. The highest BCUT2D eigenvalue weighted by molar-refractivity contribution is 5.87. The molecule has 6 heteroatoms. The molecule has 1 aromatic heterocycles. The van der Waals surface area contributed by atoms with E-state index in [9.17, 15) is 14.4 Å². The van der Waals surface area contributed by atoms with E-state index in [1.807, 2.05) is 12.1 Å². The Kier molecular flexibility index (Phi) is 3.29. The van der Waals surface area contributed by atoms with E-state index in [1.54, 1.807) is 18.2 Å². The molecule has 5 nitrogen and oxygen atoms in total. The van der Waals surface area contributed by atoms with Crippen LogP contribution in [0, 0.1) is 17.1 Å². The van der Waals surface area contributed by atoms with Gasteiger partial charge in [0, 0.05) is 5.39 Å². The predicted octanol–water partition coefficient (Wildman–Crippen LogP) is 2.89. The highest BCUT2D eigenvalue weighted by Crippen LogP contribution is 2.42. The van der Waals surface area contributed by atoms with E-state index in [2.05, 4.69) is 4.98 Å². The van der Waals surface area contributed by atoms with Crippen LogP contribution in [0.5, 0.6) is 5.75 Å². The minimum Gasteiger partial charge on any atom is -0.439 e. The van der Waals surface area contributed by atoms with Gasteiger partial charge in [0.2, 0.25) is 5.88 Å². The van der Waals surface area contributed by atoms with Crippen LogP contribution in [-0.2, 0) is 0 Å². The van der Waals surface area contributed by atoms with Crippen LogP contribution in [0.3, 0.4) is 0 Å². The second kappa shape index (κ2) is 5.49. The fraction of sp³-hybridized carbons (Fsp3) is 0.0526. The first-order valence-electron chi connectivity index (χ1n) is 7.58. The Hall–Kier alpha value is -3.59. The SMILES string of the molecule is N#CC1=C(N)Oc2c(c(=O)[nH]c3ccccc23)C1c1ccc(F)cc1. The second-order valence-electron chi connectivity index (χ2n) is 5.72. The molecule has 0 amide bonds. The molecule has 0 aliphatic carbocycles. The van der Waals surface area contributed by atoms with Crippen molar-refractivity contribution < 1.29 is 9.13 Å². The zero-order chi connectivity index (χ0) is 17.6. The Morgan fingerprint density at radius 2 is 1.88 bits per heavy atom. The topological polar surface area (TPSA) is 91.9 Å². The average Bonchev–Trinajstić information content (AvgIpc) is 2.61. The third-order valence-corrected chi connectivity index (χ3v) is 4.29. The molecule has 0 fully saturated rings. The lowest BCUT2D eigenvalue weighted by Crippen LogP contribution is -2.27. The number of hydrogen-bond donors (Lipinski definition) is 2. The van der Waals surface area contributed by atoms with E-state index in [1.165, 1.54) is 24.3 Å². The van der Waals surface area contributed by atoms with Crippen LogP contribution in [0.25, 0.3) is 10.9 Å². The number of aromatic amines is 1. The highest BCUT2D eigenvalue weighted by atomic mass is 19.1. The number of rotatable bonds is 1. The Morgan fingerprint density at radius 3 is 2.60 bits per heavy atom. The number of halogens is 1. The maximum Gasteiger partial charge on any atom is 0.256 e. The average molecular weight is 333 g/mol. The molecule has 0 saturated carbocycles. The minimum atomic E-state index is -0.720. The van der Waals surface area contributed by atoms with Gasteiger partial charge in [0.1, 0.15) is 23.2 Å². The summed E-state index contributed by atoms with van der Waals surface area (Å²) >= 11 is 0. The van der Waals surface area contributed by atoms with Gasteiger partial charge in [0.15, 0.2) is 0 Å². The van der Waals surface area contributed by atoms with Gasteiger partial charge in [0.25, 0.3) is 5.56 Å². The van der Waals surface area contributed by atoms with Gasteiger partial charge in [-0.05, 0) is 29.8 Å². The zero-order valence-corrected chi connectivity index (χ0v) is 12.9. The van der Waals surface area contributed by atoms with E-state index < -0.39 is 11.7 Å². The number of nitrogens with zero attached hydrogens (tertiary/aromatic N) is 1. The molecule has 1 aliphatic rings. The largest absolute Gasteiger partial charge is 0.439 e. The van der Waals surface area contributed by atoms with Gasteiger partial charge in [-0.3, -0.25) is 4.79 Å². The quantitative estimate of drug-likeness (QED) is 0.716. The number of ether oxygens (including phenoxy) is 1. The predicted molar refractivity (Wildman–Crippen MR) is 90.3 cm³/mol. The molecule has 25 heavy (non-hydrogen) atoms. The Balaban J connectivity index is 2.08. The number of nitrogens with one attached hydrogen (secondary N) is 1. The molecule has 3 aromatic rings. The van der Waals surface area contributed by atoms with Gasteiger partial charge >= 0.3 is 0 Å². The smallest absolute Gasteiger partial charge is 0.256 e. The molecule has 0 spiro atoms. The number of H-pyrrole nitrogens is 1. The van der Waals surface area contributed by atoms with Crippen LogP contribution in [0.4, 0.5) is 4.39 Å². The minimum absolute atomic E-state index is 0.0555. The van der Waals surface area contributed by atoms with Crippen molar-refractivity contribution in [2.45, 2.75) is 5.92 Å². The van der Waals surface area contributed by atoms with E-state index in [4.69, 9.17) is 10.5 Å². The first kappa shape index (κ1) is 15.0. The van der Waals surface area contributed by atoms with Crippen molar-refractivity contribution >= 4 is 10.9 Å². The fourth-order valence-electron chi connectivity index (χ4n) is 3.16. The normalized spacial score (nSPS) is 16.2. The fourth-order valence-corrected chi connectivity index (χ4v) is 3.16. The molecule has 122 valence electrons. The van der Waals surface area contributed by atoms with Crippen LogP contribution >= 0.6 is 0 Å². The van der Waals surface area contributed by atoms with Crippen LogP contribution in [0.2, 0.25) is 0 Å². The summed E-state index contributed by atoms with van der Waals surface area (Å²) in [5.41, 5.74) is 7.19. The Morgan fingerprint density at radius 1 is 1.16 bits per heavy atom. The summed E-state index contributed by atoms with van der Waals surface area (Å²) in [6, 6.07) is 14.8. The summed E-state index contributed by atoms with van der Waals surface area (Å²) in [5.74, 6) is -0.855. The van der Waals surface area contributed by atoms with Gasteiger partial charge in [-0.15, -0.1) is 0 Å². The van der Waals surface area contributed by atoms with Crippen molar-refractivity contribution in [2.75, 3.05) is 0 Å². The van der Waals surface area contributed by atoms with E-state index in [0.717, 1.165) is 0 Å². The van der Waals surface area contributed by atoms with Crippen molar-refractivity contribution in [2.24, 2.45) is 5.73 Å². The Bertz CT molecular complexity index is 1120. The number of fused-ring (bicyclic) bond motifs is 3. The summed E-state index contributed by atoms with van der Waals surface area (Å²) in [5, 5.41) is 10.2. The summed E-state index contributed by atoms with van der Waals surface area (Å²) in [4.78, 5) is 15.5. The number of para-hydroxylation sites is 1. The van der Waals surface area contributed by atoms with E-state index in [-0.39, 0.29) is 22.6 Å². The molecule has 2 aromatic carbocycles. The number of aromatic nitrogens is 1. The molecular weight excluding hydrogens is 321 g/mol. The molecule has 0 radical (unpaired) electrons. The van der Waals surface area contributed by atoms with Crippen LogP contribution < -0.4 is 16.0 Å². The summed E-state index contributed by atoms with van der Waals surface area (Å²) in [6.07, 6.45) is 0. The number of pyridine rings is 1. The van der Waals surface area contributed by atoms with Crippen molar-refractivity contribution in [3.63, 3.8) is 0 Å². The first-order chi connectivity index (χ1) is 12.1. The van der Waals surface area contributed by atoms with Crippen LogP contribution in [0.1, 0.15) is 17.0 Å². The molecular formula is C19H12FN3O2. The molecule has 1 atom stereocenters. The molecule has 4 rings (SSSR count). The van der Waals surface area contributed by atoms with Crippen molar-refractivity contribution in [3.8, 4) is 11.8 Å². The number of benzene rings is 2. The van der Waals surface area contributed by atoms with Gasteiger partial charge < -0.3 is 15.5 Å². The molecule has 2 heterocycles. The van der Waals surface area contributed by atoms with Crippen molar-refractivity contribution in [3.05, 3.63) is 87.3 Å². The lowest BCUT2D eigenvalue weighted by molar-refractivity contribution is 0.397. The number of allylic oxidation sites excluding steroid dienone is 1. The van der Waals surface area contributed by atoms with Gasteiger partial charge in [0.05, 0.1) is 17.0 Å². The maximum absolute atomic E-state index is 13.3. The molecule has 1 aliphatic heterocycles. The monoisotopic (exact) mass is 333 g/mol. The molecule has 0 saturated heterocycles. The van der Waals surface area contributed by atoms with Crippen LogP contribution in [-0.4, -0.2) is 4.98 Å². The number of nitrogens with two attached hydrogens (primary N) is 1. The van der Waals surface area contributed by atoms with Crippen molar-refractivity contribution in [1.29, 1.82) is 5.26 Å². The third kappa shape index (κ3) is 2.25. The number of hydrogen-bond acceptors (Lipinski definition) is 4. The summed E-state index contributed by atoms with van der Waals surface area (Å²) in [7, 11) is 0. The highest BCUT2D eigenvalue weighted by Gasteiger charge is 2.34. The van der Waals surface area contributed by atoms with Crippen molar-refractivity contribution in [1.82, 2.24) is 4.98 Å².